The van der Waals surface area contributed by atoms with E-state index in [4.69, 9.17) is 0 Å². The van der Waals surface area contributed by atoms with Crippen molar-refractivity contribution in [3.63, 3.8) is 0 Å². The molecule has 0 aliphatic carbocycles. The summed E-state index contributed by atoms with van der Waals surface area (Å²) in [4.78, 5) is 44.3. The Morgan fingerprint density at radius 1 is 0.730 bits per heavy atom. The Hall–Kier alpha value is -3.81. The number of amides is 3. The number of likely N-dealkylation sites (N-methyl/N-ethyl adjacent to an activating group) is 1. The van der Waals surface area contributed by atoms with Gasteiger partial charge in [-0.3, -0.25) is 24.2 Å². The highest BCUT2D eigenvalue weighted by Crippen LogP contribution is 2.24. The van der Waals surface area contributed by atoms with Gasteiger partial charge in [-0.25, -0.2) is 0 Å². The normalized spacial score (nSPS) is 16.2. The second kappa shape index (κ2) is 11.1. The standard InChI is InChI=1S/C30H32N4O3/c1-2-32-15-17-33(18-16-32)21-25-8-4-3-7-24(25)19-31-28(35)23-13-11-22(12-14-23)20-34-29(36)26-9-5-6-10-27(26)30(34)37/h3-14H,2,15-21H2,1H3,(H,31,35). The predicted molar refractivity (Wildman–Crippen MR) is 142 cm³/mol. The van der Waals surface area contributed by atoms with Gasteiger partial charge in [-0.15, -0.1) is 0 Å². The van der Waals surface area contributed by atoms with Crippen molar-refractivity contribution in [2.24, 2.45) is 0 Å². The first-order chi connectivity index (χ1) is 18.0. The molecule has 0 atom stereocenters. The summed E-state index contributed by atoms with van der Waals surface area (Å²) in [6, 6.07) is 22.2. The number of carbonyl (C=O) groups is 3. The molecule has 37 heavy (non-hydrogen) atoms. The van der Waals surface area contributed by atoms with Crippen molar-refractivity contribution in [1.82, 2.24) is 20.0 Å². The quantitative estimate of drug-likeness (QED) is 0.483. The van der Waals surface area contributed by atoms with Crippen molar-refractivity contribution < 1.29 is 14.4 Å². The molecule has 0 bridgehead atoms. The van der Waals surface area contributed by atoms with Crippen LogP contribution in [0.2, 0.25) is 0 Å². The van der Waals surface area contributed by atoms with Gasteiger partial charge < -0.3 is 10.2 Å². The molecule has 190 valence electrons. The lowest BCUT2D eigenvalue weighted by atomic mass is 10.1. The topological polar surface area (TPSA) is 73.0 Å². The SMILES string of the molecule is CCN1CCN(Cc2ccccc2CNC(=O)c2ccc(CN3C(=O)c4ccccc4C3=O)cc2)CC1. The van der Waals surface area contributed by atoms with Gasteiger partial charge >= 0.3 is 0 Å². The number of imide groups is 1. The number of nitrogens with zero attached hydrogens (tertiary/aromatic N) is 3. The van der Waals surface area contributed by atoms with E-state index < -0.39 is 0 Å². The molecule has 2 aliphatic heterocycles. The molecular weight excluding hydrogens is 464 g/mol. The Balaban J connectivity index is 1.17. The molecule has 3 aromatic carbocycles. The van der Waals surface area contributed by atoms with Crippen molar-refractivity contribution in [2.45, 2.75) is 26.6 Å². The maximum atomic E-state index is 12.9. The minimum Gasteiger partial charge on any atom is -0.348 e. The van der Waals surface area contributed by atoms with Gasteiger partial charge in [-0.2, -0.15) is 0 Å². The van der Waals surface area contributed by atoms with Crippen LogP contribution in [0.25, 0.3) is 0 Å². The third kappa shape index (κ3) is 5.48. The van der Waals surface area contributed by atoms with E-state index in [-0.39, 0.29) is 24.3 Å². The molecule has 2 heterocycles. The first-order valence-corrected chi connectivity index (χ1v) is 12.9. The number of piperazine rings is 1. The van der Waals surface area contributed by atoms with Crippen LogP contribution in [0.4, 0.5) is 0 Å². The molecule has 1 fully saturated rings. The van der Waals surface area contributed by atoms with Gasteiger partial charge in [0.15, 0.2) is 0 Å². The number of hydrogen-bond donors (Lipinski definition) is 1. The van der Waals surface area contributed by atoms with E-state index in [1.54, 1.807) is 48.5 Å². The smallest absolute Gasteiger partial charge is 0.261 e. The zero-order valence-electron chi connectivity index (χ0n) is 21.2. The lowest BCUT2D eigenvalue weighted by Gasteiger charge is -2.34. The fraction of sp³-hybridized carbons (Fsp3) is 0.300. The summed E-state index contributed by atoms with van der Waals surface area (Å²) < 4.78 is 0. The molecule has 7 nitrogen and oxygen atoms in total. The van der Waals surface area contributed by atoms with Crippen molar-refractivity contribution in [2.75, 3.05) is 32.7 Å². The highest BCUT2D eigenvalue weighted by Gasteiger charge is 2.34. The zero-order chi connectivity index (χ0) is 25.8. The molecule has 3 amide bonds. The van der Waals surface area contributed by atoms with Crippen LogP contribution >= 0.6 is 0 Å². The van der Waals surface area contributed by atoms with E-state index in [9.17, 15) is 14.4 Å². The molecule has 2 aliphatic rings. The first-order valence-electron chi connectivity index (χ1n) is 12.9. The molecule has 1 N–H and O–H groups in total. The monoisotopic (exact) mass is 496 g/mol. The van der Waals surface area contributed by atoms with E-state index in [0.29, 0.717) is 23.2 Å². The summed E-state index contributed by atoms with van der Waals surface area (Å²) in [5.41, 5.74) is 4.57. The average Bonchev–Trinajstić information content (AvgIpc) is 3.18. The number of benzene rings is 3. The highest BCUT2D eigenvalue weighted by molar-refractivity contribution is 6.21. The minimum absolute atomic E-state index is 0.154. The molecule has 0 saturated carbocycles. The maximum Gasteiger partial charge on any atom is 0.261 e. The minimum atomic E-state index is -0.284. The van der Waals surface area contributed by atoms with Gasteiger partial charge in [-0.1, -0.05) is 55.5 Å². The Kier molecular flexibility index (Phi) is 7.44. The summed E-state index contributed by atoms with van der Waals surface area (Å²) in [5, 5.41) is 3.04. The van der Waals surface area contributed by atoms with Gasteiger partial charge in [0.25, 0.3) is 17.7 Å². The Morgan fingerprint density at radius 2 is 1.30 bits per heavy atom. The summed E-state index contributed by atoms with van der Waals surface area (Å²) in [6.45, 7) is 9.13. The van der Waals surface area contributed by atoms with Crippen LogP contribution in [0.3, 0.4) is 0 Å². The molecular formula is C30H32N4O3. The van der Waals surface area contributed by atoms with Crippen LogP contribution in [0, 0.1) is 0 Å². The van der Waals surface area contributed by atoms with E-state index in [0.717, 1.165) is 50.4 Å². The van der Waals surface area contributed by atoms with Crippen LogP contribution in [0.1, 0.15) is 54.7 Å². The van der Waals surface area contributed by atoms with Gasteiger partial charge in [0.1, 0.15) is 0 Å². The molecule has 0 radical (unpaired) electrons. The lowest BCUT2D eigenvalue weighted by Crippen LogP contribution is -2.45. The van der Waals surface area contributed by atoms with E-state index in [1.807, 2.05) is 6.07 Å². The number of rotatable bonds is 8. The van der Waals surface area contributed by atoms with Crippen LogP contribution in [0.15, 0.2) is 72.8 Å². The van der Waals surface area contributed by atoms with Crippen molar-refractivity contribution in [1.29, 1.82) is 0 Å². The first kappa shape index (κ1) is 24.9. The van der Waals surface area contributed by atoms with Gasteiger partial charge in [0, 0.05) is 44.8 Å². The van der Waals surface area contributed by atoms with Crippen LogP contribution in [-0.4, -0.2) is 65.1 Å². The fourth-order valence-corrected chi connectivity index (χ4v) is 4.99. The zero-order valence-corrected chi connectivity index (χ0v) is 21.2. The van der Waals surface area contributed by atoms with E-state index in [2.05, 4.69) is 40.2 Å². The molecule has 7 heteroatoms. The molecule has 1 saturated heterocycles. The molecule has 0 aromatic heterocycles. The summed E-state index contributed by atoms with van der Waals surface area (Å²) in [5.74, 6) is -0.722. The number of carbonyl (C=O) groups excluding carboxylic acids is 3. The van der Waals surface area contributed by atoms with Crippen molar-refractivity contribution in [3.8, 4) is 0 Å². The highest BCUT2D eigenvalue weighted by atomic mass is 16.2. The van der Waals surface area contributed by atoms with Crippen LogP contribution < -0.4 is 5.32 Å². The molecule has 5 rings (SSSR count). The van der Waals surface area contributed by atoms with E-state index >= 15 is 0 Å². The van der Waals surface area contributed by atoms with Gasteiger partial charge in [0.05, 0.1) is 17.7 Å². The largest absolute Gasteiger partial charge is 0.348 e. The predicted octanol–water partition coefficient (Wildman–Crippen LogP) is 3.55. The van der Waals surface area contributed by atoms with E-state index in [1.165, 1.54) is 10.5 Å². The fourth-order valence-electron chi connectivity index (χ4n) is 4.99. The second-order valence-corrected chi connectivity index (χ2v) is 9.60. The molecule has 3 aromatic rings. The third-order valence-corrected chi connectivity index (χ3v) is 7.30. The Morgan fingerprint density at radius 3 is 1.92 bits per heavy atom. The molecule has 0 spiro atoms. The van der Waals surface area contributed by atoms with Gasteiger partial charge in [-0.05, 0) is 47.5 Å². The Labute approximate surface area is 217 Å². The second-order valence-electron chi connectivity index (χ2n) is 9.60. The molecule has 0 unspecified atom stereocenters. The van der Waals surface area contributed by atoms with Crippen molar-refractivity contribution in [3.05, 3.63) is 106 Å². The maximum absolute atomic E-state index is 12.9. The third-order valence-electron chi connectivity index (χ3n) is 7.30. The number of hydrogen-bond acceptors (Lipinski definition) is 5. The summed E-state index contributed by atoms with van der Waals surface area (Å²) in [7, 11) is 0. The lowest BCUT2D eigenvalue weighted by molar-refractivity contribution is 0.0641. The number of nitrogens with one attached hydrogen (secondary N) is 1. The van der Waals surface area contributed by atoms with Crippen LogP contribution in [0.5, 0.6) is 0 Å². The Bertz CT molecular complexity index is 1260. The summed E-state index contributed by atoms with van der Waals surface area (Å²) in [6.07, 6.45) is 0. The van der Waals surface area contributed by atoms with Crippen LogP contribution in [-0.2, 0) is 19.6 Å². The van der Waals surface area contributed by atoms with Crippen molar-refractivity contribution >= 4 is 17.7 Å². The average molecular weight is 497 g/mol. The number of fused-ring (bicyclic) bond motifs is 1. The van der Waals surface area contributed by atoms with Gasteiger partial charge in [0.2, 0.25) is 0 Å². The summed E-state index contributed by atoms with van der Waals surface area (Å²) >= 11 is 0.